The quantitative estimate of drug-likeness (QED) is 0.513. The number of hydrogen-bond acceptors (Lipinski definition) is 4. The lowest BCUT2D eigenvalue weighted by Gasteiger charge is -2.25. The van der Waals surface area contributed by atoms with Crippen LogP contribution in [0.3, 0.4) is 0 Å². The number of pyridine rings is 1. The van der Waals surface area contributed by atoms with Crippen molar-refractivity contribution in [3.8, 4) is 0 Å². The van der Waals surface area contributed by atoms with E-state index in [9.17, 15) is 9.59 Å². The third kappa shape index (κ3) is 3.90. The monoisotopic (exact) mass is 411 g/mol. The molecule has 1 saturated carbocycles. The van der Waals surface area contributed by atoms with Crippen LogP contribution < -0.4 is 0 Å². The second-order valence-corrected chi connectivity index (χ2v) is 8.37. The normalized spacial score (nSPS) is 19.9. The predicted octanol–water partition coefficient (Wildman–Crippen LogP) is 5.78. The van der Waals surface area contributed by atoms with Gasteiger partial charge in [-0.15, -0.1) is 0 Å². The summed E-state index contributed by atoms with van der Waals surface area (Å²) in [6.45, 7) is 0. The highest BCUT2D eigenvalue weighted by atomic mass is 16.5. The van der Waals surface area contributed by atoms with Gasteiger partial charge in [-0.05, 0) is 67.4 Å². The van der Waals surface area contributed by atoms with Crippen LogP contribution in [0.1, 0.15) is 65.7 Å². The van der Waals surface area contributed by atoms with E-state index < -0.39 is 12.1 Å². The van der Waals surface area contributed by atoms with Crippen molar-refractivity contribution in [2.24, 2.45) is 0 Å². The maximum atomic E-state index is 13.4. The van der Waals surface area contributed by atoms with E-state index in [1.54, 1.807) is 0 Å². The minimum atomic E-state index is -0.619. The first kappa shape index (κ1) is 19.7. The van der Waals surface area contributed by atoms with Gasteiger partial charge in [0.25, 0.3) is 0 Å². The summed E-state index contributed by atoms with van der Waals surface area (Å²) in [5.74, 6) is -0.354. The largest absolute Gasteiger partial charge is 0.451 e. The van der Waals surface area contributed by atoms with Crippen molar-refractivity contribution in [1.29, 1.82) is 0 Å². The van der Waals surface area contributed by atoms with E-state index in [-0.39, 0.29) is 5.78 Å². The first-order chi connectivity index (χ1) is 15.2. The molecule has 0 unspecified atom stereocenters. The van der Waals surface area contributed by atoms with Gasteiger partial charge >= 0.3 is 5.97 Å². The molecule has 156 valence electrons. The van der Waals surface area contributed by atoms with Crippen molar-refractivity contribution >= 4 is 34.3 Å². The number of nitrogens with zero attached hydrogens (tertiary/aromatic N) is 1. The number of esters is 1. The summed E-state index contributed by atoms with van der Waals surface area (Å²) in [6.07, 6.45) is 7.12. The van der Waals surface area contributed by atoms with Crippen molar-refractivity contribution in [1.82, 2.24) is 4.98 Å². The maximum absolute atomic E-state index is 13.4. The molecule has 2 aromatic carbocycles. The van der Waals surface area contributed by atoms with Crippen molar-refractivity contribution in [3.05, 3.63) is 77.0 Å². The molecule has 2 aliphatic rings. The van der Waals surface area contributed by atoms with Crippen molar-refractivity contribution < 1.29 is 14.3 Å². The van der Waals surface area contributed by atoms with E-state index in [1.807, 2.05) is 42.5 Å². The van der Waals surface area contributed by atoms with E-state index >= 15 is 0 Å². The number of para-hydroxylation sites is 1. The van der Waals surface area contributed by atoms with Crippen LogP contribution in [-0.4, -0.2) is 22.8 Å². The van der Waals surface area contributed by atoms with Crippen LogP contribution in [0.15, 0.2) is 54.6 Å². The number of hydrogen-bond donors (Lipinski definition) is 0. The molecule has 0 spiro atoms. The van der Waals surface area contributed by atoms with Crippen LogP contribution in [0, 0.1) is 0 Å². The Kier molecular flexibility index (Phi) is 5.37. The van der Waals surface area contributed by atoms with E-state index in [1.165, 1.54) is 0 Å². The molecule has 4 heteroatoms. The van der Waals surface area contributed by atoms with E-state index in [4.69, 9.17) is 9.72 Å². The summed E-state index contributed by atoms with van der Waals surface area (Å²) in [6, 6.07) is 17.9. The number of rotatable bonds is 3. The average molecular weight is 412 g/mol. The van der Waals surface area contributed by atoms with Gasteiger partial charge in [-0.25, -0.2) is 9.78 Å². The Morgan fingerprint density at radius 3 is 2.58 bits per heavy atom. The third-order valence-electron chi connectivity index (χ3n) is 6.26. The summed E-state index contributed by atoms with van der Waals surface area (Å²) < 4.78 is 5.78. The highest BCUT2D eigenvalue weighted by Crippen LogP contribution is 2.36. The average Bonchev–Trinajstić information content (AvgIpc) is 2.80. The van der Waals surface area contributed by atoms with Gasteiger partial charge in [-0.1, -0.05) is 48.5 Å². The Hall–Kier alpha value is -3.27. The van der Waals surface area contributed by atoms with Gasteiger partial charge in [0.15, 0.2) is 11.9 Å². The lowest BCUT2D eigenvalue weighted by molar-refractivity contribution is -0.129. The highest BCUT2D eigenvalue weighted by molar-refractivity contribution is 6.07. The Bertz CT molecular complexity index is 1180. The summed E-state index contributed by atoms with van der Waals surface area (Å²) in [7, 11) is 0. The van der Waals surface area contributed by atoms with Gasteiger partial charge in [-0.3, -0.25) is 4.79 Å². The molecular weight excluding hydrogens is 386 g/mol. The number of fused-ring (bicyclic) bond motifs is 2. The first-order valence-corrected chi connectivity index (χ1v) is 11.1. The fourth-order valence-electron chi connectivity index (χ4n) is 4.72. The molecule has 0 amide bonds. The molecule has 31 heavy (non-hydrogen) atoms. The summed E-state index contributed by atoms with van der Waals surface area (Å²) in [5.41, 5.74) is 5.45. The Morgan fingerprint density at radius 1 is 0.935 bits per heavy atom. The van der Waals surface area contributed by atoms with Crippen molar-refractivity contribution in [2.45, 2.75) is 51.0 Å². The summed E-state index contributed by atoms with van der Waals surface area (Å²) in [5, 5.41) is 0.801. The molecule has 0 aliphatic heterocycles. The molecule has 5 rings (SSSR count). The topological polar surface area (TPSA) is 56.3 Å². The molecule has 1 heterocycles. The van der Waals surface area contributed by atoms with Crippen LogP contribution >= 0.6 is 0 Å². The fraction of sp³-hybridized carbons (Fsp3) is 0.296. The zero-order valence-corrected chi connectivity index (χ0v) is 17.5. The number of allylic oxidation sites excluding steroid dienone is 1. The van der Waals surface area contributed by atoms with Crippen LogP contribution in [0.2, 0.25) is 0 Å². The van der Waals surface area contributed by atoms with Gasteiger partial charge in [0.2, 0.25) is 0 Å². The van der Waals surface area contributed by atoms with Crippen LogP contribution in [0.25, 0.3) is 22.6 Å². The number of ketones is 1. The standard InChI is InChI=1S/C27H25NO3/c29-23-15-6-7-16-24(23)31-27(30)25-20-12-4-5-14-22(20)28-26-19(11-8-13-21(25)26)17-18-9-2-1-3-10-18/h1-5,9-10,12,14,17,24H,6-8,11,13,15-16H2/b19-17+/t24-/m1/s1. The molecule has 1 fully saturated rings. The minimum absolute atomic E-state index is 0.0384. The van der Waals surface area contributed by atoms with Crippen LogP contribution in [0.5, 0.6) is 0 Å². The SMILES string of the molecule is O=C(O[C@@H]1CCCCC1=O)c1c2c(nc3ccccc13)/C(=C/c1ccccc1)CCC2. The fourth-order valence-corrected chi connectivity index (χ4v) is 4.72. The van der Waals surface area contributed by atoms with Crippen LogP contribution in [0.4, 0.5) is 0 Å². The molecule has 0 radical (unpaired) electrons. The Morgan fingerprint density at radius 2 is 1.74 bits per heavy atom. The summed E-state index contributed by atoms with van der Waals surface area (Å²) in [4.78, 5) is 30.6. The second kappa shape index (κ2) is 8.46. The molecule has 2 aliphatic carbocycles. The number of ether oxygens (including phenoxy) is 1. The number of carbonyl (C=O) groups excluding carboxylic acids is 2. The highest BCUT2D eigenvalue weighted by Gasteiger charge is 2.30. The van der Waals surface area contributed by atoms with E-state index in [2.05, 4.69) is 18.2 Å². The van der Waals surface area contributed by atoms with Crippen LogP contribution in [-0.2, 0) is 16.0 Å². The molecule has 0 N–H and O–H groups in total. The maximum Gasteiger partial charge on any atom is 0.339 e. The molecule has 0 bridgehead atoms. The zero-order chi connectivity index (χ0) is 21.2. The van der Waals surface area contributed by atoms with E-state index in [0.717, 1.165) is 65.4 Å². The first-order valence-electron chi connectivity index (χ1n) is 11.1. The van der Waals surface area contributed by atoms with Gasteiger partial charge in [-0.2, -0.15) is 0 Å². The smallest absolute Gasteiger partial charge is 0.339 e. The zero-order valence-electron chi connectivity index (χ0n) is 17.5. The van der Waals surface area contributed by atoms with Crippen molar-refractivity contribution in [2.75, 3.05) is 0 Å². The number of benzene rings is 2. The number of Topliss-reactive ketones (excluding diaryl/α,β-unsaturated/α-hetero) is 1. The lowest BCUT2D eigenvalue weighted by atomic mass is 9.86. The number of carbonyl (C=O) groups is 2. The molecule has 0 saturated heterocycles. The Balaban J connectivity index is 1.62. The van der Waals surface area contributed by atoms with Gasteiger partial charge in [0.1, 0.15) is 0 Å². The predicted molar refractivity (Wildman–Crippen MR) is 122 cm³/mol. The second-order valence-electron chi connectivity index (χ2n) is 8.37. The molecule has 4 nitrogen and oxygen atoms in total. The van der Waals surface area contributed by atoms with Gasteiger partial charge in [0.05, 0.1) is 16.8 Å². The number of aromatic nitrogens is 1. The van der Waals surface area contributed by atoms with E-state index in [0.29, 0.717) is 18.4 Å². The molecular formula is C27H25NO3. The van der Waals surface area contributed by atoms with Gasteiger partial charge in [0, 0.05) is 11.8 Å². The third-order valence-corrected chi connectivity index (χ3v) is 6.26. The minimum Gasteiger partial charge on any atom is -0.451 e. The Labute approximate surface area is 182 Å². The van der Waals surface area contributed by atoms with Gasteiger partial charge < -0.3 is 4.74 Å². The molecule has 1 aromatic heterocycles. The summed E-state index contributed by atoms with van der Waals surface area (Å²) >= 11 is 0. The molecule has 3 aromatic rings. The van der Waals surface area contributed by atoms with Crippen molar-refractivity contribution in [3.63, 3.8) is 0 Å². The lowest BCUT2D eigenvalue weighted by Crippen LogP contribution is -2.30. The molecule has 1 atom stereocenters.